The van der Waals surface area contributed by atoms with Crippen LogP contribution in [0.2, 0.25) is 5.02 Å². The van der Waals surface area contributed by atoms with Crippen LogP contribution in [-0.2, 0) is 21.6 Å². The molecule has 3 aromatic carbocycles. The number of methoxy groups -OCH3 is 1. The van der Waals surface area contributed by atoms with Gasteiger partial charge in [-0.2, -0.15) is 0 Å². The summed E-state index contributed by atoms with van der Waals surface area (Å²) in [4.78, 5) is 29.9. The molecule has 3 unspecified atom stereocenters. The molecule has 3 aromatic rings. The molecule has 8 nitrogen and oxygen atoms in total. The van der Waals surface area contributed by atoms with Crippen molar-refractivity contribution in [2.45, 2.75) is 82.7 Å². The molecule has 0 saturated carbocycles. The van der Waals surface area contributed by atoms with Crippen LogP contribution < -0.4 is 14.4 Å². The summed E-state index contributed by atoms with van der Waals surface area (Å²) >= 11 is 6.26. The van der Waals surface area contributed by atoms with E-state index >= 15 is 0 Å². The smallest absolute Gasteiger partial charge is 0.248 e. The lowest BCUT2D eigenvalue weighted by Crippen LogP contribution is -2.51. The minimum absolute atomic E-state index is 0.0357. The van der Waals surface area contributed by atoms with Gasteiger partial charge in [-0.05, 0) is 111 Å². The molecule has 3 heterocycles. The molecule has 0 radical (unpaired) electrons. The third-order valence-electron chi connectivity index (χ3n) is 9.82. The van der Waals surface area contributed by atoms with Crippen molar-refractivity contribution in [3.63, 3.8) is 0 Å². The van der Waals surface area contributed by atoms with Gasteiger partial charge in [0.25, 0.3) is 0 Å². The first-order chi connectivity index (χ1) is 21.5. The summed E-state index contributed by atoms with van der Waals surface area (Å²) in [6, 6.07) is 18.7. The Morgan fingerprint density at radius 2 is 1.67 bits per heavy atom. The molecule has 0 aromatic heterocycles. The van der Waals surface area contributed by atoms with E-state index in [9.17, 15) is 19.8 Å². The normalized spacial score (nSPS) is 24.0. The number of benzene rings is 3. The van der Waals surface area contributed by atoms with Gasteiger partial charge in [0, 0.05) is 22.8 Å². The van der Waals surface area contributed by atoms with E-state index < -0.39 is 18.2 Å². The zero-order chi connectivity index (χ0) is 32.0. The topological polar surface area (TPSA) is 99.5 Å². The molecule has 3 aliphatic rings. The van der Waals surface area contributed by atoms with Gasteiger partial charge in [0.15, 0.2) is 11.5 Å². The van der Waals surface area contributed by atoms with Crippen molar-refractivity contribution in [1.29, 1.82) is 0 Å². The fourth-order valence-corrected chi connectivity index (χ4v) is 7.77. The van der Waals surface area contributed by atoms with Crippen molar-refractivity contribution in [2.24, 2.45) is 5.92 Å². The van der Waals surface area contributed by atoms with E-state index in [0.29, 0.717) is 29.4 Å². The van der Waals surface area contributed by atoms with Crippen molar-refractivity contribution in [3.8, 4) is 11.5 Å². The van der Waals surface area contributed by atoms with E-state index in [-0.39, 0.29) is 42.3 Å². The SMILES string of the molecule is COc1cc2c(cc1OC(C)C)C(c1ccc(Cl)cc1)N(c1ccc([C@@](C)(O)C3CC4CCC(C3)N4C(=O)CO)cc1)C(=O)C2. The van der Waals surface area contributed by atoms with Crippen LogP contribution in [0.3, 0.4) is 0 Å². The maximum absolute atomic E-state index is 13.9. The highest BCUT2D eigenvalue weighted by molar-refractivity contribution is 6.30. The van der Waals surface area contributed by atoms with Crippen molar-refractivity contribution in [3.05, 3.63) is 87.9 Å². The number of halogens is 1. The van der Waals surface area contributed by atoms with E-state index in [2.05, 4.69) is 0 Å². The van der Waals surface area contributed by atoms with Crippen molar-refractivity contribution in [2.75, 3.05) is 18.6 Å². The number of carbonyl (C=O) groups is 2. The first-order valence-electron chi connectivity index (χ1n) is 15.7. The zero-order valence-corrected chi connectivity index (χ0v) is 27.0. The number of ether oxygens (including phenoxy) is 2. The minimum Gasteiger partial charge on any atom is -0.493 e. The molecule has 4 atom stereocenters. The monoisotopic (exact) mass is 632 g/mol. The Hall–Kier alpha value is -3.59. The molecule has 0 spiro atoms. The van der Waals surface area contributed by atoms with Crippen molar-refractivity contribution < 1.29 is 29.3 Å². The lowest BCUT2D eigenvalue weighted by atomic mass is 9.75. The van der Waals surface area contributed by atoms with Gasteiger partial charge in [-0.1, -0.05) is 35.9 Å². The Bertz CT molecular complexity index is 1560. The second-order valence-corrected chi connectivity index (χ2v) is 13.4. The highest BCUT2D eigenvalue weighted by atomic mass is 35.5. The predicted octanol–water partition coefficient (Wildman–Crippen LogP) is 5.78. The molecule has 0 aliphatic carbocycles. The molecule has 2 bridgehead atoms. The Morgan fingerprint density at radius 3 is 2.24 bits per heavy atom. The maximum Gasteiger partial charge on any atom is 0.248 e. The Morgan fingerprint density at radius 1 is 1.02 bits per heavy atom. The van der Waals surface area contributed by atoms with Gasteiger partial charge in [-0.25, -0.2) is 0 Å². The fraction of sp³-hybridized carbons (Fsp3) is 0.444. The van der Waals surface area contributed by atoms with Crippen LogP contribution in [0.5, 0.6) is 11.5 Å². The summed E-state index contributed by atoms with van der Waals surface area (Å²) in [6.07, 6.45) is 3.28. The van der Waals surface area contributed by atoms with Crippen LogP contribution in [0.1, 0.15) is 74.8 Å². The minimum atomic E-state index is -1.12. The third-order valence-corrected chi connectivity index (χ3v) is 10.1. The lowest BCUT2D eigenvalue weighted by molar-refractivity contribution is -0.142. The van der Waals surface area contributed by atoms with Crippen LogP contribution in [-0.4, -0.2) is 58.8 Å². The van der Waals surface area contributed by atoms with Crippen LogP contribution >= 0.6 is 11.6 Å². The van der Waals surface area contributed by atoms with Crippen LogP contribution in [0, 0.1) is 5.92 Å². The van der Waals surface area contributed by atoms with Gasteiger partial charge in [-0.3, -0.25) is 9.59 Å². The van der Waals surface area contributed by atoms with Crippen LogP contribution in [0.15, 0.2) is 60.7 Å². The number of amides is 2. The van der Waals surface area contributed by atoms with Crippen LogP contribution in [0.4, 0.5) is 5.69 Å². The average Bonchev–Trinajstić information content (AvgIpc) is 3.28. The summed E-state index contributed by atoms with van der Waals surface area (Å²) < 4.78 is 11.7. The second-order valence-electron chi connectivity index (χ2n) is 13.0. The Labute approximate surface area is 269 Å². The fourth-order valence-electron chi connectivity index (χ4n) is 7.65. The Balaban J connectivity index is 1.34. The molecule has 45 heavy (non-hydrogen) atoms. The highest BCUT2D eigenvalue weighted by Crippen LogP contribution is 2.47. The van der Waals surface area contributed by atoms with Crippen molar-refractivity contribution in [1.82, 2.24) is 4.90 Å². The van der Waals surface area contributed by atoms with E-state index in [1.807, 2.05) is 91.2 Å². The van der Waals surface area contributed by atoms with Gasteiger partial charge in [0.2, 0.25) is 11.8 Å². The number of rotatable bonds is 8. The molecule has 3 aliphatic heterocycles. The molecule has 2 fully saturated rings. The second kappa shape index (κ2) is 12.3. The highest BCUT2D eigenvalue weighted by Gasteiger charge is 2.48. The molecule has 2 amide bonds. The third kappa shape index (κ3) is 5.80. The van der Waals surface area contributed by atoms with Gasteiger partial charge < -0.3 is 29.5 Å². The first-order valence-corrected chi connectivity index (χ1v) is 16.1. The summed E-state index contributed by atoms with van der Waals surface area (Å²) in [5.41, 5.74) is 3.10. The first kappa shape index (κ1) is 31.4. The van der Waals surface area contributed by atoms with E-state index in [1.165, 1.54) is 0 Å². The summed E-state index contributed by atoms with van der Waals surface area (Å²) in [5.74, 6) is 0.883. The van der Waals surface area contributed by atoms with Gasteiger partial charge in [0.1, 0.15) is 6.61 Å². The van der Waals surface area contributed by atoms with Gasteiger partial charge >= 0.3 is 0 Å². The van der Waals surface area contributed by atoms with E-state index in [0.717, 1.165) is 40.8 Å². The summed E-state index contributed by atoms with van der Waals surface area (Å²) in [5, 5.41) is 21.9. The molecule has 2 N–H and O–H groups in total. The van der Waals surface area contributed by atoms with Crippen LogP contribution in [0.25, 0.3) is 0 Å². The van der Waals surface area contributed by atoms with Gasteiger partial charge in [-0.15, -0.1) is 0 Å². The quantitative estimate of drug-likeness (QED) is 0.327. The largest absolute Gasteiger partial charge is 0.493 e. The number of anilines is 1. The zero-order valence-electron chi connectivity index (χ0n) is 26.2. The number of fused-ring (bicyclic) bond motifs is 3. The molecular weight excluding hydrogens is 592 g/mol. The maximum atomic E-state index is 13.9. The number of aliphatic hydroxyl groups is 2. The molecule has 9 heteroatoms. The van der Waals surface area contributed by atoms with E-state index in [1.54, 1.807) is 7.11 Å². The molecule has 238 valence electrons. The molecule has 2 saturated heterocycles. The number of carbonyl (C=O) groups excluding carboxylic acids is 2. The summed E-state index contributed by atoms with van der Waals surface area (Å²) in [6.45, 7) is 5.29. The summed E-state index contributed by atoms with van der Waals surface area (Å²) in [7, 11) is 1.60. The average molecular weight is 633 g/mol. The van der Waals surface area contributed by atoms with E-state index in [4.69, 9.17) is 21.1 Å². The Kier molecular flexibility index (Phi) is 8.59. The number of nitrogens with zero attached hydrogens (tertiary/aromatic N) is 2. The van der Waals surface area contributed by atoms with Gasteiger partial charge in [0.05, 0.1) is 31.3 Å². The number of hydrogen-bond acceptors (Lipinski definition) is 6. The number of hydrogen-bond donors (Lipinski definition) is 2. The predicted molar refractivity (Wildman–Crippen MR) is 173 cm³/mol. The standard InChI is InChI=1S/C36H41ClN2O6/c1-21(2)45-32-19-30-23(15-31(32)44-4)16-33(41)39(35(30)22-5-9-26(37)10-6-22)27-11-7-24(8-12-27)36(3,43)25-17-28-13-14-29(18-25)38(28)34(42)20-40/h5-12,15,19,21,25,28-29,35,40,43H,13-14,16-18,20H2,1-4H3/t25?,28?,29?,35?,36-/m1/s1. The lowest BCUT2D eigenvalue weighted by Gasteiger charge is -2.44. The molecule has 6 rings (SSSR count). The molecular formula is C36H41ClN2O6. The number of aliphatic hydroxyl groups excluding tert-OH is 1. The van der Waals surface area contributed by atoms with Crippen molar-refractivity contribution >= 4 is 29.1 Å². The number of piperidine rings is 1.